The number of nitrogens with one attached hydrogen (secondary N) is 1. The first-order valence-electron chi connectivity index (χ1n) is 9.84. The van der Waals surface area contributed by atoms with Crippen molar-refractivity contribution >= 4 is 28.2 Å². The number of aryl methyl sites for hydroxylation is 1. The average molecular weight is 375 g/mol. The molecule has 0 aliphatic carbocycles. The number of benzene rings is 2. The molecule has 0 spiro atoms. The third kappa shape index (κ3) is 3.79. The van der Waals surface area contributed by atoms with Crippen LogP contribution in [0.15, 0.2) is 48.5 Å². The van der Waals surface area contributed by atoms with E-state index < -0.39 is 0 Å². The minimum absolute atomic E-state index is 0.00900. The smallest absolute Gasteiger partial charge is 0.272 e. The molecule has 1 aliphatic heterocycles. The van der Waals surface area contributed by atoms with Crippen molar-refractivity contribution in [2.75, 3.05) is 25.0 Å². The van der Waals surface area contributed by atoms with Crippen LogP contribution in [0.5, 0.6) is 5.75 Å². The number of rotatable bonds is 5. The fraction of sp³-hybridized carbons (Fsp3) is 0.304. The van der Waals surface area contributed by atoms with Gasteiger partial charge in [0.2, 0.25) is 0 Å². The molecule has 144 valence electrons. The van der Waals surface area contributed by atoms with Crippen LogP contribution in [-0.4, -0.2) is 35.5 Å². The Morgan fingerprint density at radius 2 is 1.86 bits per heavy atom. The Hall–Kier alpha value is -3.08. The third-order valence-corrected chi connectivity index (χ3v) is 5.02. The van der Waals surface area contributed by atoms with Gasteiger partial charge in [-0.25, -0.2) is 4.98 Å². The van der Waals surface area contributed by atoms with E-state index >= 15 is 0 Å². The molecule has 5 heteroatoms. The summed E-state index contributed by atoms with van der Waals surface area (Å²) in [5, 5.41) is 4.47. The summed E-state index contributed by atoms with van der Waals surface area (Å²) < 4.78 is 5.52. The molecule has 1 saturated heterocycles. The second kappa shape index (κ2) is 7.89. The highest BCUT2D eigenvalue weighted by atomic mass is 16.5. The van der Waals surface area contributed by atoms with Gasteiger partial charge in [-0.2, -0.15) is 0 Å². The van der Waals surface area contributed by atoms with Crippen LogP contribution in [-0.2, 0) is 0 Å². The number of carbonyl (C=O) groups excluding carboxylic acids is 1. The minimum Gasteiger partial charge on any atom is -0.494 e. The second-order valence-corrected chi connectivity index (χ2v) is 7.16. The van der Waals surface area contributed by atoms with Crippen molar-refractivity contribution in [3.63, 3.8) is 0 Å². The van der Waals surface area contributed by atoms with Gasteiger partial charge in [-0.1, -0.05) is 11.6 Å². The summed E-state index contributed by atoms with van der Waals surface area (Å²) in [6.07, 6.45) is 2.13. The lowest BCUT2D eigenvalue weighted by molar-refractivity contribution is 0.0787. The molecule has 3 aromatic rings. The Kier molecular flexibility index (Phi) is 5.15. The van der Waals surface area contributed by atoms with Crippen LogP contribution in [0.25, 0.3) is 10.9 Å². The predicted molar refractivity (Wildman–Crippen MR) is 113 cm³/mol. The maximum absolute atomic E-state index is 12.9. The van der Waals surface area contributed by atoms with Gasteiger partial charge in [-0.15, -0.1) is 0 Å². The number of hydrogen-bond acceptors (Lipinski definition) is 4. The topological polar surface area (TPSA) is 54.5 Å². The lowest BCUT2D eigenvalue weighted by atomic mass is 10.1. The number of anilines is 2. The van der Waals surface area contributed by atoms with Gasteiger partial charge < -0.3 is 15.0 Å². The molecule has 1 aliphatic rings. The summed E-state index contributed by atoms with van der Waals surface area (Å²) in [6, 6.07) is 15.8. The van der Waals surface area contributed by atoms with Crippen molar-refractivity contribution in [3.8, 4) is 5.75 Å². The molecular formula is C23H25N3O2. The molecule has 0 atom stereocenters. The van der Waals surface area contributed by atoms with Crippen LogP contribution in [0.2, 0.25) is 0 Å². The molecule has 28 heavy (non-hydrogen) atoms. The number of ether oxygens (including phenoxy) is 1. The molecule has 4 rings (SSSR count). The van der Waals surface area contributed by atoms with E-state index in [2.05, 4.69) is 23.3 Å². The summed E-state index contributed by atoms with van der Waals surface area (Å²) in [6.45, 7) is 6.30. The van der Waals surface area contributed by atoms with E-state index in [0.717, 1.165) is 59.5 Å². The molecule has 0 saturated carbocycles. The van der Waals surface area contributed by atoms with Crippen LogP contribution in [0.4, 0.5) is 11.4 Å². The SMILES string of the molecule is CCOc1ccc(Nc2cc(C(=O)N3CCCC3)nc3ccc(C)cc23)cc1. The highest BCUT2D eigenvalue weighted by Gasteiger charge is 2.22. The van der Waals surface area contributed by atoms with E-state index in [-0.39, 0.29) is 5.91 Å². The molecular weight excluding hydrogens is 350 g/mol. The van der Waals surface area contributed by atoms with E-state index in [0.29, 0.717) is 12.3 Å². The average Bonchev–Trinajstić information content (AvgIpc) is 3.24. The molecule has 5 nitrogen and oxygen atoms in total. The zero-order chi connectivity index (χ0) is 19.5. The number of hydrogen-bond donors (Lipinski definition) is 1. The second-order valence-electron chi connectivity index (χ2n) is 7.16. The van der Waals surface area contributed by atoms with Gasteiger partial charge in [-0.3, -0.25) is 4.79 Å². The van der Waals surface area contributed by atoms with Gasteiger partial charge in [-0.05, 0) is 69.2 Å². The van der Waals surface area contributed by atoms with E-state index in [1.165, 1.54) is 0 Å². The van der Waals surface area contributed by atoms with Crippen molar-refractivity contribution < 1.29 is 9.53 Å². The van der Waals surface area contributed by atoms with Crippen molar-refractivity contribution in [2.45, 2.75) is 26.7 Å². The molecule has 2 heterocycles. The van der Waals surface area contributed by atoms with Gasteiger partial charge in [0.1, 0.15) is 11.4 Å². The van der Waals surface area contributed by atoms with Crippen molar-refractivity contribution in [1.82, 2.24) is 9.88 Å². The van der Waals surface area contributed by atoms with Crippen LogP contribution in [0.1, 0.15) is 35.8 Å². The zero-order valence-corrected chi connectivity index (χ0v) is 16.4. The Morgan fingerprint density at radius 3 is 2.57 bits per heavy atom. The Labute approximate surface area is 165 Å². The highest BCUT2D eigenvalue weighted by molar-refractivity contribution is 6.00. The lowest BCUT2D eigenvalue weighted by Crippen LogP contribution is -2.28. The monoisotopic (exact) mass is 375 g/mol. The molecule has 1 N–H and O–H groups in total. The summed E-state index contributed by atoms with van der Waals surface area (Å²) in [7, 11) is 0. The van der Waals surface area contributed by atoms with Crippen LogP contribution in [0.3, 0.4) is 0 Å². The number of nitrogens with zero attached hydrogens (tertiary/aromatic N) is 2. The largest absolute Gasteiger partial charge is 0.494 e. The van der Waals surface area contributed by atoms with Gasteiger partial charge in [0.15, 0.2) is 0 Å². The quantitative estimate of drug-likeness (QED) is 0.688. The van der Waals surface area contributed by atoms with Crippen LogP contribution >= 0.6 is 0 Å². The first-order chi connectivity index (χ1) is 13.6. The van der Waals surface area contributed by atoms with E-state index in [1.807, 2.05) is 54.3 Å². The van der Waals surface area contributed by atoms with Gasteiger partial charge in [0.05, 0.1) is 17.8 Å². The number of amides is 1. The number of pyridine rings is 1. The first kappa shape index (κ1) is 18.3. The normalized spacial score (nSPS) is 13.7. The maximum atomic E-state index is 12.9. The van der Waals surface area contributed by atoms with Crippen molar-refractivity contribution in [1.29, 1.82) is 0 Å². The van der Waals surface area contributed by atoms with E-state index in [1.54, 1.807) is 0 Å². The molecule has 2 aromatic carbocycles. The Bertz CT molecular complexity index is 993. The van der Waals surface area contributed by atoms with Crippen LogP contribution < -0.4 is 10.1 Å². The number of fused-ring (bicyclic) bond motifs is 1. The molecule has 1 aromatic heterocycles. The highest BCUT2D eigenvalue weighted by Crippen LogP contribution is 2.29. The van der Waals surface area contributed by atoms with Gasteiger partial charge >= 0.3 is 0 Å². The standard InChI is InChI=1S/C23H25N3O2/c1-3-28-18-9-7-17(8-10-18)24-21-15-22(23(27)26-12-4-5-13-26)25-20-11-6-16(2)14-19(20)21/h6-11,14-15H,3-5,12-13H2,1-2H3,(H,24,25). The van der Waals surface area contributed by atoms with Gasteiger partial charge in [0.25, 0.3) is 5.91 Å². The minimum atomic E-state index is 0.00900. The summed E-state index contributed by atoms with van der Waals surface area (Å²) in [5.41, 5.74) is 4.30. The van der Waals surface area contributed by atoms with Crippen molar-refractivity contribution in [2.24, 2.45) is 0 Å². The van der Waals surface area contributed by atoms with E-state index in [9.17, 15) is 4.79 Å². The molecule has 1 fully saturated rings. The molecule has 0 unspecified atom stereocenters. The van der Waals surface area contributed by atoms with Crippen molar-refractivity contribution in [3.05, 3.63) is 59.8 Å². The maximum Gasteiger partial charge on any atom is 0.272 e. The van der Waals surface area contributed by atoms with E-state index in [4.69, 9.17) is 4.74 Å². The number of aromatic nitrogens is 1. The fourth-order valence-corrected chi connectivity index (χ4v) is 3.59. The Balaban J connectivity index is 1.71. The molecule has 0 bridgehead atoms. The summed E-state index contributed by atoms with van der Waals surface area (Å²) >= 11 is 0. The zero-order valence-electron chi connectivity index (χ0n) is 16.4. The number of likely N-dealkylation sites (tertiary alicyclic amines) is 1. The molecule has 0 radical (unpaired) electrons. The number of carbonyl (C=O) groups is 1. The fourth-order valence-electron chi connectivity index (χ4n) is 3.59. The van der Waals surface area contributed by atoms with Gasteiger partial charge in [0, 0.05) is 24.2 Å². The lowest BCUT2D eigenvalue weighted by Gasteiger charge is -2.17. The van der Waals surface area contributed by atoms with Crippen LogP contribution in [0, 0.1) is 6.92 Å². The Morgan fingerprint density at radius 1 is 1.11 bits per heavy atom. The predicted octanol–water partition coefficient (Wildman–Crippen LogP) is 4.92. The summed E-state index contributed by atoms with van der Waals surface area (Å²) in [4.78, 5) is 19.4. The third-order valence-electron chi connectivity index (χ3n) is 5.02. The summed E-state index contributed by atoms with van der Waals surface area (Å²) in [5.74, 6) is 0.850. The first-order valence-corrected chi connectivity index (χ1v) is 9.84. The molecule has 1 amide bonds.